The van der Waals surface area contributed by atoms with Crippen LogP contribution in [-0.4, -0.2) is 17.2 Å². The summed E-state index contributed by atoms with van der Waals surface area (Å²) in [5.74, 6) is 0.833. The van der Waals surface area contributed by atoms with Gasteiger partial charge in [-0.2, -0.15) is 0 Å². The first-order chi connectivity index (χ1) is 6.04. The van der Waals surface area contributed by atoms with Crippen molar-refractivity contribution in [3.63, 3.8) is 0 Å². The molecule has 0 spiro atoms. The quantitative estimate of drug-likeness (QED) is 0.633. The first kappa shape index (κ1) is 12.2. The van der Waals surface area contributed by atoms with Gasteiger partial charge in [0, 0.05) is 0 Å². The molecule has 2 nitrogen and oxygen atoms in total. The molecule has 1 aromatic rings. The van der Waals surface area contributed by atoms with E-state index in [0.717, 1.165) is 5.92 Å². The molecule has 2 N–H and O–H groups in total. The lowest BCUT2D eigenvalue weighted by Crippen LogP contribution is -2.29. The van der Waals surface area contributed by atoms with E-state index in [2.05, 4.69) is 20.8 Å². The van der Waals surface area contributed by atoms with Crippen molar-refractivity contribution in [2.75, 3.05) is 0 Å². The monoisotopic (exact) mass is 180 g/mol. The molecular formula is C10H17BO2. The Bertz CT molecular complexity index is 207. The highest BCUT2D eigenvalue weighted by Gasteiger charge is 2.07. The van der Waals surface area contributed by atoms with Gasteiger partial charge in [0.15, 0.2) is 0 Å². The van der Waals surface area contributed by atoms with E-state index in [9.17, 15) is 0 Å². The average Bonchev–Trinajstić information content (AvgIpc) is 2.05. The highest BCUT2D eigenvalue weighted by Crippen LogP contribution is 1.82. The molecule has 0 saturated carbocycles. The normalized spacial score (nSPS) is 9.08. The summed E-state index contributed by atoms with van der Waals surface area (Å²) in [6, 6.07) is 8.66. The van der Waals surface area contributed by atoms with Gasteiger partial charge in [-0.25, -0.2) is 0 Å². The molecule has 0 aliphatic rings. The lowest BCUT2D eigenvalue weighted by Gasteiger charge is -1.94. The summed E-state index contributed by atoms with van der Waals surface area (Å²) in [4.78, 5) is 0. The molecule has 0 fully saturated rings. The van der Waals surface area contributed by atoms with Crippen LogP contribution in [0, 0.1) is 5.92 Å². The molecular weight excluding hydrogens is 163 g/mol. The van der Waals surface area contributed by atoms with E-state index >= 15 is 0 Å². The van der Waals surface area contributed by atoms with Crippen LogP contribution in [0.4, 0.5) is 0 Å². The highest BCUT2D eigenvalue weighted by molar-refractivity contribution is 6.58. The third kappa shape index (κ3) is 7.56. The molecule has 0 unspecified atom stereocenters. The highest BCUT2D eigenvalue weighted by atomic mass is 16.4. The second-order valence-corrected chi connectivity index (χ2v) is 3.52. The molecule has 1 aromatic carbocycles. The second kappa shape index (κ2) is 6.69. The smallest absolute Gasteiger partial charge is 0.423 e. The predicted octanol–water partition coefficient (Wildman–Crippen LogP) is 1.03. The zero-order valence-corrected chi connectivity index (χ0v) is 8.44. The fourth-order valence-electron chi connectivity index (χ4n) is 0.625. The van der Waals surface area contributed by atoms with E-state index < -0.39 is 7.12 Å². The lowest BCUT2D eigenvalue weighted by atomic mass is 9.81. The van der Waals surface area contributed by atoms with Crippen molar-refractivity contribution in [1.82, 2.24) is 0 Å². The van der Waals surface area contributed by atoms with Crippen LogP contribution in [-0.2, 0) is 0 Å². The third-order valence-electron chi connectivity index (χ3n) is 1.10. The van der Waals surface area contributed by atoms with Crippen molar-refractivity contribution in [2.45, 2.75) is 20.8 Å². The molecule has 72 valence electrons. The summed E-state index contributed by atoms with van der Waals surface area (Å²) in [5.41, 5.74) is 0.525. The molecule has 3 heteroatoms. The van der Waals surface area contributed by atoms with Crippen LogP contribution in [0.2, 0.25) is 0 Å². The van der Waals surface area contributed by atoms with Gasteiger partial charge in [0.05, 0.1) is 0 Å². The van der Waals surface area contributed by atoms with Gasteiger partial charge in [-0.05, 0) is 11.4 Å². The zero-order valence-electron chi connectivity index (χ0n) is 8.44. The third-order valence-corrected chi connectivity index (χ3v) is 1.10. The van der Waals surface area contributed by atoms with E-state index in [0.29, 0.717) is 5.46 Å². The second-order valence-electron chi connectivity index (χ2n) is 3.52. The zero-order chi connectivity index (χ0) is 10.3. The van der Waals surface area contributed by atoms with Gasteiger partial charge < -0.3 is 10.0 Å². The van der Waals surface area contributed by atoms with Crippen molar-refractivity contribution in [3.05, 3.63) is 30.3 Å². The Hall–Kier alpha value is -0.795. The van der Waals surface area contributed by atoms with Gasteiger partial charge in [-0.3, -0.25) is 0 Å². The molecule has 0 atom stereocenters. The van der Waals surface area contributed by atoms with E-state index in [-0.39, 0.29) is 0 Å². The Balaban J connectivity index is 0.000000310. The van der Waals surface area contributed by atoms with Gasteiger partial charge >= 0.3 is 7.12 Å². The maximum Gasteiger partial charge on any atom is 0.488 e. The summed E-state index contributed by atoms with van der Waals surface area (Å²) in [6.07, 6.45) is 0. The van der Waals surface area contributed by atoms with E-state index in [1.165, 1.54) is 0 Å². The number of hydrogen-bond donors (Lipinski definition) is 2. The van der Waals surface area contributed by atoms with Crippen LogP contribution in [0.3, 0.4) is 0 Å². The minimum absolute atomic E-state index is 0.525. The van der Waals surface area contributed by atoms with Gasteiger partial charge in [0.1, 0.15) is 0 Å². The van der Waals surface area contributed by atoms with Crippen LogP contribution >= 0.6 is 0 Å². The van der Waals surface area contributed by atoms with Crippen molar-refractivity contribution in [1.29, 1.82) is 0 Å². The maximum absolute atomic E-state index is 8.58. The fraction of sp³-hybridized carbons (Fsp3) is 0.400. The van der Waals surface area contributed by atoms with Crippen LogP contribution < -0.4 is 5.46 Å². The first-order valence-electron chi connectivity index (χ1n) is 4.45. The molecule has 13 heavy (non-hydrogen) atoms. The molecule has 0 saturated heterocycles. The minimum atomic E-state index is -1.34. The number of benzene rings is 1. The minimum Gasteiger partial charge on any atom is -0.423 e. The molecule has 0 amide bonds. The summed E-state index contributed by atoms with van der Waals surface area (Å²) in [6.45, 7) is 6.50. The molecule has 0 bridgehead atoms. The topological polar surface area (TPSA) is 40.5 Å². The predicted molar refractivity (Wildman–Crippen MR) is 56.8 cm³/mol. The van der Waals surface area contributed by atoms with Crippen molar-refractivity contribution < 1.29 is 10.0 Å². The van der Waals surface area contributed by atoms with Crippen molar-refractivity contribution in [2.24, 2.45) is 5.92 Å². The fourth-order valence-corrected chi connectivity index (χ4v) is 0.625. The lowest BCUT2D eigenvalue weighted by molar-refractivity contribution is 0.426. The van der Waals surface area contributed by atoms with Crippen LogP contribution in [0.15, 0.2) is 30.3 Å². The summed E-state index contributed by atoms with van der Waals surface area (Å²) < 4.78 is 0. The first-order valence-corrected chi connectivity index (χ1v) is 4.45. The Morgan fingerprint density at radius 1 is 1.00 bits per heavy atom. The molecule has 0 aliphatic carbocycles. The largest absolute Gasteiger partial charge is 0.488 e. The Kier molecular flexibility index (Phi) is 6.28. The van der Waals surface area contributed by atoms with E-state index in [1.807, 2.05) is 6.07 Å². The summed E-state index contributed by atoms with van der Waals surface area (Å²) in [5, 5.41) is 17.2. The van der Waals surface area contributed by atoms with Gasteiger partial charge in [0.2, 0.25) is 0 Å². The molecule has 1 rings (SSSR count). The standard InChI is InChI=1S/C6H7BO2.C4H10/c8-7(9)6-4-2-1-3-5-6;1-4(2)3/h1-5,8-9H;4H,1-3H3. The summed E-state index contributed by atoms with van der Waals surface area (Å²) in [7, 11) is -1.34. The van der Waals surface area contributed by atoms with E-state index in [1.54, 1.807) is 24.3 Å². The van der Waals surface area contributed by atoms with Gasteiger partial charge in [-0.1, -0.05) is 51.1 Å². The number of rotatable bonds is 1. The molecule has 0 radical (unpaired) electrons. The van der Waals surface area contributed by atoms with Crippen molar-refractivity contribution >= 4 is 12.6 Å². The summed E-state index contributed by atoms with van der Waals surface area (Å²) >= 11 is 0. The maximum atomic E-state index is 8.58. The molecule has 0 heterocycles. The van der Waals surface area contributed by atoms with Crippen LogP contribution in [0.25, 0.3) is 0 Å². The van der Waals surface area contributed by atoms with Gasteiger partial charge in [-0.15, -0.1) is 0 Å². The van der Waals surface area contributed by atoms with Crippen LogP contribution in [0.1, 0.15) is 20.8 Å². The number of hydrogen-bond acceptors (Lipinski definition) is 2. The SMILES string of the molecule is CC(C)C.OB(O)c1ccccc1. The Morgan fingerprint density at radius 2 is 1.38 bits per heavy atom. The van der Waals surface area contributed by atoms with E-state index in [4.69, 9.17) is 10.0 Å². The average molecular weight is 180 g/mol. The Morgan fingerprint density at radius 3 is 1.62 bits per heavy atom. The molecule has 0 aromatic heterocycles. The van der Waals surface area contributed by atoms with Crippen molar-refractivity contribution in [3.8, 4) is 0 Å². The van der Waals surface area contributed by atoms with Gasteiger partial charge in [0.25, 0.3) is 0 Å². The van der Waals surface area contributed by atoms with Crippen LogP contribution in [0.5, 0.6) is 0 Å². The Labute approximate surface area is 80.4 Å². The molecule has 0 aliphatic heterocycles.